The number of thiophene rings is 1. The number of para-hydroxylation sites is 1. The van der Waals surface area contributed by atoms with Crippen LogP contribution in [0.25, 0.3) is 6.08 Å². The molecule has 0 saturated heterocycles. The molecule has 0 aliphatic heterocycles. The number of carbonyl (C=O) groups is 1. The van der Waals surface area contributed by atoms with Crippen LogP contribution in [0.3, 0.4) is 0 Å². The lowest BCUT2D eigenvalue weighted by molar-refractivity contribution is -0.127. The molecule has 3 nitrogen and oxygen atoms in total. The summed E-state index contributed by atoms with van der Waals surface area (Å²) in [5.74, 6) is 0.344. The van der Waals surface area contributed by atoms with Crippen LogP contribution >= 0.6 is 11.3 Å². The van der Waals surface area contributed by atoms with Crippen molar-refractivity contribution in [2.75, 3.05) is 7.11 Å². The van der Waals surface area contributed by atoms with E-state index in [2.05, 4.69) is 0 Å². The summed E-state index contributed by atoms with van der Waals surface area (Å²) in [7, 11) is 1.62. The Bertz CT molecular complexity index is 904. The molecule has 27 heavy (non-hydrogen) atoms. The standard InChI is InChI=1S/C22H20FNO2S/c1-26-21-7-3-2-5-18(21)15-24(16-20-6-4-14-27-20)22(25)13-10-17-8-11-19(23)12-9-17/h2-14H,15-16H2,1H3/b13-10+. The zero-order valence-corrected chi connectivity index (χ0v) is 15.8. The maximum absolute atomic E-state index is 13.0. The number of halogens is 1. The Morgan fingerprint density at radius 2 is 1.85 bits per heavy atom. The Morgan fingerprint density at radius 3 is 2.56 bits per heavy atom. The van der Waals surface area contributed by atoms with Crippen LogP contribution in [0.2, 0.25) is 0 Å². The van der Waals surface area contributed by atoms with Gasteiger partial charge in [0.25, 0.3) is 0 Å². The highest BCUT2D eigenvalue weighted by atomic mass is 32.1. The number of amides is 1. The highest BCUT2D eigenvalue weighted by Crippen LogP contribution is 2.22. The van der Waals surface area contributed by atoms with Gasteiger partial charge in [-0.25, -0.2) is 4.39 Å². The predicted molar refractivity (Wildman–Crippen MR) is 107 cm³/mol. The number of nitrogens with zero attached hydrogens (tertiary/aromatic N) is 1. The lowest BCUT2D eigenvalue weighted by Gasteiger charge is -2.22. The molecule has 1 aromatic heterocycles. The van der Waals surface area contributed by atoms with Crippen LogP contribution in [-0.4, -0.2) is 17.9 Å². The molecule has 1 amide bonds. The molecule has 0 spiro atoms. The first kappa shape index (κ1) is 18.9. The van der Waals surface area contributed by atoms with E-state index < -0.39 is 0 Å². The molecule has 0 fully saturated rings. The normalized spacial score (nSPS) is 10.9. The average molecular weight is 381 g/mol. The topological polar surface area (TPSA) is 29.5 Å². The van der Waals surface area contributed by atoms with Crippen LogP contribution < -0.4 is 4.74 Å². The third kappa shape index (κ3) is 5.28. The van der Waals surface area contributed by atoms with Gasteiger partial charge in [0.15, 0.2) is 0 Å². The summed E-state index contributed by atoms with van der Waals surface area (Å²) in [6, 6.07) is 17.7. The second kappa shape index (κ2) is 9.14. The van der Waals surface area contributed by atoms with E-state index in [-0.39, 0.29) is 11.7 Å². The minimum absolute atomic E-state index is 0.112. The SMILES string of the molecule is COc1ccccc1CN(Cc1cccs1)C(=O)/C=C/c1ccc(F)cc1. The third-order valence-electron chi connectivity index (χ3n) is 4.08. The van der Waals surface area contributed by atoms with E-state index >= 15 is 0 Å². The molecule has 3 rings (SSSR count). The largest absolute Gasteiger partial charge is 0.496 e. The van der Waals surface area contributed by atoms with Gasteiger partial charge in [-0.2, -0.15) is 0 Å². The van der Waals surface area contributed by atoms with E-state index in [0.29, 0.717) is 13.1 Å². The molecular formula is C22H20FNO2S. The van der Waals surface area contributed by atoms with Crippen molar-refractivity contribution in [2.45, 2.75) is 13.1 Å². The highest BCUT2D eigenvalue weighted by Gasteiger charge is 2.15. The first-order valence-electron chi connectivity index (χ1n) is 8.52. The van der Waals surface area contributed by atoms with E-state index in [1.165, 1.54) is 18.2 Å². The summed E-state index contributed by atoms with van der Waals surface area (Å²) in [4.78, 5) is 15.7. The van der Waals surface area contributed by atoms with E-state index in [0.717, 1.165) is 21.8 Å². The van der Waals surface area contributed by atoms with Gasteiger partial charge in [-0.1, -0.05) is 36.4 Å². The summed E-state index contributed by atoms with van der Waals surface area (Å²) in [5, 5.41) is 2.00. The molecule has 0 atom stereocenters. The molecule has 0 bridgehead atoms. The first-order valence-corrected chi connectivity index (χ1v) is 9.40. The van der Waals surface area contributed by atoms with Gasteiger partial charge in [-0.3, -0.25) is 4.79 Å². The van der Waals surface area contributed by atoms with Crippen molar-refractivity contribution in [3.8, 4) is 5.75 Å². The molecular weight excluding hydrogens is 361 g/mol. The van der Waals surface area contributed by atoms with E-state index in [1.54, 1.807) is 41.6 Å². The fraction of sp³-hybridized carbons (Fsp3) is 0.136. The van der Waals surface area contributed by atoms with Crippen LogP contribution in [0.15, 0.2) is 72.1 Å². The van der Waals surface area contributed by atoms with Gasteiger partial charge >= 0.3 is 0 Å². The van der Waals surface area contributed by atoms with Crippen molar-refractivity contribution in [3.05, 3.63) is 93.9 Å². The predicted octanol–water partition coefficient (Wildman–Crippen LogP) is 5.14. The molecule has 0 aliphatic carbocycles. The zero-order valence-electron chi connectivity index (χ0n) is 15.0. The Balaban J connectivity index is 1.80. The van der Waals surface area contributed by atoms with Gasteiger partial charge in [0.2, 0.25) is 5.91 Å². The molecule has 2 aromatic carbocycles. The summed E-state index contributed by atoms with van der Waals surface area (Å²) in [5.41, 5.74) is 1.72. The van der Waals surface area contributed by atoms with Crippen LogP contribution in [0.5, 0.6) is 5.75 Å². The van der Waals surface area contributed by atoms with Crippen molar-refractivity contribution in [3.63, 3.8) is 0 Å². The zero-order chi connectivity index (χ0) is 19.1. The second-order valence-corrected chi connectivity index (χ2v) is 7.00. The van der Waals surface area contributed by atoms with E-state index in [9.17, 15) is 9.18 Å². The van der Waals surface area contributed by atoms with Crippen molar-refractivity contribution in [2.24, 2.45) is 0 Å². The van der Waals surface area contributed by atoms with Crippen LogP contribution in [0.1, 0.15) is 16.0 Å². The van der Waals surface area contributed by atoms with Crippen molar-refractivity contribution in [1.82, 2.24) is 4.90 Å². The number of ether oxygens (including phenoxy) is 1. The van der Waals surface area contributed by atoms with Gasteiger partial charge < -0.3 is 9.64 Å². The number of rotatable bonds is 7. The van der Waals surface area contributed by atoms with Crippen LogP contribution in [-0.2, 0) is 17.9 Å². The number of carbonyl (C=O) groups excluding carboxylic acids is 1. The van der Waals surface area contributed by atoms with Crippen LogP contribution in [0, 0.1) is 5.82 Å². The van der Waals surface area contributed by atoms with Crippen LogP contribution in [0.4, 0.5) is 4.39 Å². The van der Waals surface area contributed by atoms with E-state index in [4.69, 9.17) is 4.74 Å². The Morgan fingerprint density at radius 1 is 1.07 bits per heavy atom. The molecule has 0 saturated carbocycles. The Labute approximate surface area is 162 Å². The van der Waals surface area contributed by atoms with Gasteiger partial charge in [-0.05, 0) is 41.3 Å². The van der Waals surface area contributed by atoms with Gasteiger partial charge in [0, 0.05) is 23.1 Å². The minimum atomic E-state index is -0.297. The molecule has 0 radical (unpaired) electrons. The number of hydrogen-bond acceptors (Lipinski definition) is 3. The molecule has 138 valence electrons. The molecule has 0 N–H and O–H groups in total. The van der Waals surface area contributed by atoms with Crippen molar-refractivity contribution in [1.29, 1.82) is 0 Å². The fourth-order valence-corrected chi connectivity index (χ4v) is 3.41. The maximum Gasteiger partial charge on any atom is 0.247 e. The summed E-state index contributed by atoms with van der Waals surface area (Å²) >= 11 is 1.61. The molecule has 5 heteroatoms. The van der Waals surface area contributed by atoms with Crippen molar-refractivity contribution >= 4 is 23.3 Å². The number of hydrogen-bond donors (Lipinski definition) is 0. The lowest BCUT2D eigenvalue weighted by Crippen LogP contribution is -2.28. The smallest absolute Gasteiger partial charge is 0.247 e. The first-order chi connectivity index (χ1) is 13.2. The third-order valence-corrected chi connectivity index (χ3v) is 4.94. The summed E-state index contributed by atoms with van der Waals surface area (Å²) < 4.78 is 18.4. The molecule has 3 aromatic rings. The highest BCUT2D eigenvalue weighted by molar-refractivity contribution is 7.09. The number of methoxy groups -OCH3 is 1. The number of benzene rings is 2. The second-order valence-electron chi connectivity index (χ2n) is 5.97. The van der Waals surface area contributed by atoms with Crippen molar-refractivity contribution < 1.29 is 13.9 Å². The van der Waals surface area contributed by atoms with E-state index in [1.807, 2.05) is 41.8 Å². The summed E-state index contributed by atoms with van der Waals surface area (Å²) in [6.07, 6.45) is 3.22. The minimum Gasteiger partial charge on any atom is -0.496 e. The molecule has 1 heterocycles. The lowest BCUT2D eigenvalue weighted by atomic mass is 10.1. The van der Waals surface area contributed by atoms with Gasteiger partial charge in [-0.15, -0.1) is 11.3 Å². The van der Waals surface area contributed by atoms with Gasteiger partial charge in [0.05, 0.1) is 13.7 Å². The Hall–Kier alpha value is -2.92. The monoisotopic (exact) mass is 381 g/mol. The molecule has 0 aliphatic rings. The average Bonchev–Trinajstić information content (AvgIpc) is 3.20. The quantitative estimate of drug-likeness (QED) is 0.531. The molecule has 0 unspecified atom stereocenters. The fourth-order valence-electron chi connectivity index (χ4n) is 2.69. The van der Waals surface area contributed by atoms with Gasteiger partial charge in [0.1, 0.15) is 11.6 Å². The maximum atomic E-state index is 13.0. The Kier molecular flexibility index (Phi) is 6.39. The summed E-state index contributed by atoms with van der Waals surface area (Å²) in [6.45, 7) is 0.955.